The summed E-state index contributed by atoms with van der Waals surface area (Å²) < 4.78 is 0. The van der Waals surface area contributed by atoms with E-state index in [4.69, 9.17) is 23.2 Å². The van der Waals surface area contributed by atoms with Gasteiger partial charge in [0.15, 0.2) is 0 Å². The smallest absolute Gasteiger partial charge is 0.116 e. The maximum Gasteiger partial charge on any atom is 0.116 e. The van der Waals surface area contributed by atoms with Crippen LogP contribution >= 0.6 is 35.0 Å². The molecule has 84 valence electrons. The minimum atomic E-state index is 0.471. The molecule has 1 aromatic heterocycles. The summed E-state index contributed by atoms with van der Waals surface area (Å²) in [6.45, 7) is 0. The molecule has 0 aliphatic rings. The molecule has 0 radical (unpaired) electrons. The third-order valence-electron chi connectivity index (χ3n) is 2.01. The summed E-state index contributed by atoms with van der Waals surface area (Å²) in [6, 6.07) is 7.77. The summed E-state index contributed by atoms with van der Waals surface area (Å²) in [5, 5.41) is 0.756. The number of hydrogen-bond donors (Lipinski definition) is 1. The SMILES string of the molecule is ClCc1cnc(CSc2ccc(Cl)cc2)[nH]1. The number of aromatic amines is 1. The molecule has 0 aliphatic heterocycles. The van der Waals surface area contributed by atoms with Gasteiger partial charge < -0.3 is 4.98 Å². The quantitative estimate of drug-likeness (QED) is 0.671. The van der Waals surface area contributed by atoms with Gasteiger partial charge >= 0.3 is 0 Å². The molecular weight excluding hydrogens is 263 g/mol. The number of nitrogens with one attached hydrogen (secondary N) is 1. The maximum absolute atomic E-state index is 5.81. The predicted octanol–water partition coefficient (Wildman–Crippen LogP) is 4.09. The first kappa shape index (κ1) is 11.8. The Hall–Kier alpha value is -0.640. The molecule has 0 saturated carbocycles. The van der Waals surface area contributed by atoms with E-state index < -0.39 is 0 Å². The van der Waals surface area contributed by atoms with Crippen molar-refractivity contribution in [3.05, 3.63) is 47.0 Å². The molecule has 0 atom stereocenters. The number of benzene rings is 1. The van der Waals surface area contributed by atoms with Gasteiger partial charge in [0.2, 0.25) is 0 Å². The van der Waals surface area contributed by atoms with Crippen LogP contribution in [0.15, 0.2) is 35.4 Å². The first-order chi connectivity index (χ1) is 7.78. The van der Waals surface area contributed by atoms with Crippen LogP contribution in [-0.2, 0) is 11.6 Å². The Kier molecular flexibility index (Phi) is 4.16. The van der Waals surface area contributed by atoms with E-state index in [1.54, 1.807) is 18.0 Å². The molecule has 1 N–H and O–H groups in total. The fourth-order valence-electron chi connectivity index (χ4n) is 1.23. The van der Waals surface area contributed by atoms with Crippen LogP contribution < -0.4 is 0 Å². The van der Waals surface area contributed by atoms with Gasteiger partial charge in [-0.2, -0.15) is 0 Å². The van der Waals surface area contributed by atoms with Crippen molar-refractivity contribution in [2.24, 2.45) is 0 Å². The van der Waals surface area contributed by atoms with Crippen LogP contribution in [0.5, 0.6) is 0 Å². The largest absolute Gasteiger partial charge is 0.344 e. The van der Waals surface area contributed by atoms with Gasteiger partial charge in [-0.1, -0.05) is 11.6 Å². The van der Waals surface area contributed by atoms with Crippen LogP contribution in [0.25, 0.3) is 0 Å². The minimum absolute atomic E-state index is 0.471. The van der Waals surface area contributed by atoms with Crippen LogP contribution in [0.1, 0.15) is 11.5 Å². The third kappa shape index (κ3) is 3.17. The van der Waals surface area contributed by atoms with Gasteiger partial charge in [-0.3, -0.25) is 0 Å². The number of H-pyrrole nitrogens is 1. The molecule has 0 bridgehead atoms. The van der Waals surface area contributed by atoms with Crippen molar-refractivity contribution in [2.45, 2.75) is 16.5 Å². The molecule has 0 saturated heterocycles. The van der Waals surface area contributed by atoms with E-state index in [2.05, 4.69) is 9.97 Å². The molecule has 5 heteroatoms. The summed E-state index contributed by atoms with van der Waals surface area (Å²) >= 11 is 13.2. The average Bonchev–Trinajstić information content (AvgIpc) is 2.76. The second-order valence-corrected chi connectivity index (χ2v) is 4.98. The second kappa shape index (κ2) is 5.62. The van der Waals surface area contributed by atoms with Crippen LogP contribution in [0.3, 0.4) is 0 Å². The number of thioether (sulfide) groups is 1. The number of alkyl halides is 1. The molecule has 0 amide bonds. The summed E-state index contributed by atoms with van der Waals surface area (Å²) in [5.74, 6) is 2.22. The third-order valence-corrected chi connectivity index (χ3v) is 3.58. The summed E-state index contributed by atoms with van der Waals surface area (Å²) in [5.41, 5.74) is 0.952. The van der Waals surface area contributed by atoms with Gasteiger partial charge in [0.1, 0.15) is 5.82 Å². The highest BCUT2D eigenvalue weighted by atomic mass is 35.5. The van der Waals surface area contributed by atoms with Crippen molar-refractivity contribution in [1.29, 1.82) is 0 Å². The van der Waals surface area contributed by atoms with Crippen LogP contribution in [0, 0.1) is 0 Å². The Morgan fingerprint density at radius 3 is 2.62 bits per heavy atom. The van der Waals surface area contributed by atoms with E-state index in [1.165, 1.54) is 4.90 Å². The first-order valence-corrected chi connectivity index (χ1v) is 6.65. The Morgan fingerprint density at radius 2 is 2.00 bits per heavy atom. The summed E-state index contributed by atoms with van der Waals surface area (Å²) in [4.78, 5) is 8.56. The topological polar surface area (TPSA) is 28.7 Å². The molecule has 1 aromatic carbocycles. The van der Waals surface area contributed by atoms with Gasteiger partial charge in [-0.05, 0) is 24.3 Å². The van der Waals surface area contributed by atoms with Gasteiger partial charge in [-0.15, -0.1) is 23.4 Å². The highest BCUT2D eigenvalue weighted by Crippen LogP contribution is 2.23. The monoisotopic (exact) mass is 272 g/mol. The lowest BCUT2D eigenvalue weighted by atomic mass is 10.4. The van der Waals surface area contributed by atoms with Crippen LogP contribution in [-0.4, -0.2) is 9.97 Å². The average molecular weight is 273 g/mol. The van der Waals surface area contributed by atoms with E-state index in [1.807, 2.05) is 24.3 Å². The Labute approximate surface area is 108 Å². The van der Waals surface area contributed by atoms with Crippen molar-refractivity contribution in [1.82, 2.24) is 9.97 Å². The highest BCUT2D eigenvalue weighted by Gasteiger charge is 2.01. The number of halogens is 2. The molecule has 1 heterocycles. The van der Waals surface area contributed by atoms with Crippen LogP contribution in [0.4, 0.5) is 0 Å². The molecular formula is C11H10Cl2N2S. The lowest BCUT2D eigenvalue weighted by Gasteiger charge is -1.99. The first-order valence-electron chi connectivity index (χ1n) is 4.75. The van der Waals surface area contributed by atoms with Gasteiger partial charge in [0.25, 0.3) is 0 Å². The number of aromatic nitrogens is 2. The van der Waals surface area contributed by atoms with Crippen molar-refractivity contribution in [3.63, 3.8) is 0 Å². The van der Waals surface area contributed by atoms with Gasteiger partial charge in [0, 0.05) is 21.8 Å². The second-order valence-electron chi connectivity index (χ2n) is 3.23. The standard InChI is InChI=1S/C11H10Cl2N2S/c12-5-9-6-14-11(15-9)7-16-10-3-1-8(13)2-4-10/h1-4,6H,5,7H2,(H,14,15). The molecule has 2 aromatic rings. The Morgan fingerprint density at radius 1 is 1.25 bits per heavy atom. The highest BCUT2D eigenvalue weighted by molar-refractivity contribution is 7.98. The molecule has 2 rings (SSSR count). The van der Waals surface area contributed by atoms with Crippen molar-refractivity contribution in [3.8, 4) is 0 Å². The lowest BCUT2D eigenvalue weighted by molar-refractivity contribution is 1.10. The van der Waals surface area contributed by atoms with Crippen molar-refractivity contribution < 1.29 is 0 Å². The van der Waals surface area contributed by atoms with Gasteiger partial charge in [-0.25, -0.2) is 4.98 Å². The zero-order valence-corrected chi connectivity index (χ0v) is 10.7. The van der Waals surface area contributed by atoms with Crippen molar-refractivity contribution in [2.75, 3.05) is 0 Å². The van der Waals surface area contributed by atoms with E-state index >= 15 is 0 Å². The molecule has 0 fully saturated rings. The fourth-order valence-corrected chi connectivity index (χ4v) is 2.27. The van der Waals surface area contributed by atoms with E-state index in [9.17, 15) is 0 Å². The lowest BCUT2D eigenvalue weighted by Crippen LogP contribution is -1.84. The zero-order valence-electron chi connectivity index (χ0n) is 8.41. The maximum atomic E-state index is 5.81. The van der Waals surface area contributed by atoms with E-state index in [0.717, 1.165) is 22.3 Å². The minimum Gasteiger partial charge on any atom is -0.344 e. The Balaban J connectivity index is 1.94. The molecule has 2 nitrogen and oxygen atoms in total. The van der Waals surface area contributed by atoms with Gasteiger partial charge in [0.05, 0.1) is 11.6 Å². The summed E-state index contributed by atoms with van der Waals surface area (Å²) in [6.07, 6.45) is 1.77. The summed E-state index contributed by atoms with van der Waals surface area (Å²) in [7, 11) is 0. The molecule has 0 aliphatic carbocycles. The molecule has 0 unspecified atom stereocenters. The number of nitrogens with zero attached hydrogens (tertiary/aromatic N) is 1. The number of hydrogen-bond acceptors (Lipinski definition) is 2. The Bertz CT molecular complexity index is 453. The van der Waals surface area contributed by atoms with Crippen molar-refractivity contribution >= 4 is 35.0 Å². The zero-order chi connectivity index (χ0) is 11.4. The van der Waals surface area contributed by atoms with E-state index in [-0.39, 0.29) is 0 Å². The number of imidazole rings is 1. The molecule has 0 spiro atoms. The van der Waals surface area contributed by atoms with E-state index in [0.29, 0.717) is 5.88 Å². The fraction of sp³-hybridized carbons (Fsp3) is 0.182. The van der Waals surface area contributed by atoms with Crippen LogP contribution in [0.2, 0.25) is 5.02 Å². The predicted molar refractivity (Wildman–Crippen MR) is 69.2 cm³/mol. The molecule has 16 heavy (non-hydrogen) atoms. The normalized spacial score (nSPS) is 10.6. The number of rotatable bonds is 4.